The van der Waals surface area contributed by atoms with Crippen LogP contribution < -0.4 is 10.6 Å². The van der Waals surface area contributed by atoms with Crippen LogP contribution in [0.2, 0.25) is 0 Å². The molecule has 6 heteroatoms. The van der Waals surface area contributed by atoms with E-state index in [0.717, 1.165) is 37.4 Å². The molecule has 0 aromatic carbocycles. The number of amides is 1. The van der Waals surface area contributed by atoms with Crippen LogP contribution >= 0.6 is 11.3 Å². The third kappa shape index (κ3) is 3.73. The molecule has 2 rings (SSSR count). The number of hydrogen-bond donors (Lipinski definition) is 2. The minimum absolute atomic E-state index is 0.0481. The SMILES string of the molecule is CC(C)Cc1nnc(NC(=O)C2(C)CCCNC2)s1. The topological polar surface area (TPSA) is 66.9 Å². The maximum absolute atomic E-state index is 12.3. The molecule has 1 saturated heterocycles. The van der Waals surface area contributed by atoms with E-state index in [-0.39, 0.29) is 11.3 Å². The average Bonchev–Trinajstić information content (AvgIpc) is 2.76. The summed E-state index contributed by atoms with van der Waals surface area (Å²) in [4.78, 5) is 12.3. The van der Waals surface area contributed by atoms with Crippen LogP contribution in [-0.2, 0) is 11.2 Å². The van der Waals surface area contributed by atoms with Crippen LogP contribution in [0, 0.1) is 11.3 Å². The molecule has 1 aliphatic rings. The van der Waals surface area contributed by atoms with Gasteiger partial charge in [-0.25, -0.2) is 0 Å². The van der Waals surface area contributed by atoms with Crippen LogP contribution in [0.15, 0.2) is 0 Å². The normalized spacial score (nSPS) is 23.6. The van der Waals surface area contributed by atoms with Crippen molar-refractivity contribution in [1.29, 1.82) is 0 Å². The van der Waals surface area contributed by atoms with Gasteiger partial charge in [0.2, 0.25) is 11.0 Å². The van der Waals surface area contributed by atoms with Gasteiger partial charge in [0.1, 0.15) is 5.01 Å². The number of carbonyl (C=O) groups is 1. The molecule has 0 spiro atoms. The van der Waals surface area contributed by atoms with E-state index < -0.39 is 0 Å². The highest BCUT2D eigenvalue weighted by Gasteiger charge is 2.35. The molecule has 2 N–H and O–H groups in total. The Bertz CT molecular complexity index is 438. The molecular formula is C13H22N4OS. The van der Waals surface area contributed by atoms with Crippen molar-refractivity contribution in [2.24, 2.45) is 11.3 Å². The zero-order chi connectivity index (χ0) is 13.9. The summed E-state index contributed by atoms with van der Waals surface area (Å²) in [5.74, 6) is 0.600. The molecule has 2 heterocycles. The average molecular weight is 282 g/mol. The summed E-state index contributed by atoms with van der Waals surface area (Å²) in [6.07, 6.45) is 2.87. The Labute approximate surface area is 118 Å². The van der Waals surface area contributed by atoms with Gasteiger partial charge in [-0.05, 0) is 32.2 Å². The number of rotatable bonds is 4. The van der Waals surface area contributed by atoms with Crippen molar-refractivity contribution in [3.05, 3.63) is 5.01 Å². The van der Waals surface area contributed by atoms with Crippen molar-refractivity contribution < 1.29 is 4.79 Å². The molecule has 1 aromatic rings. The van der Waals surface area contributed by atoms with Gasteiger partial charge in [-0.1, -0.05) is 25.2 Å². The first-order valence-corrected chi connectivity index (χ1v) is 7.66. The van der Waals surface area contributed by atoms with Gasteiger partial charge in [0.25, 0.3) is 0 Å². The molecule has 1 aliphatic heterocycles. The molecular weight excluding hydrogens is 260 g/mol. The Morgan fingerprint density at radius 1 is 1.53 bits per heavy atom. The van der Waals surface area contributed by atoms with Crippen molar-refractivity contribution in [2.75, 3.05) is 18.4 Å². The van der Waals surface area contributed by atoms with Crippen LogP contribution in [0.25, 0.3) is 0 Å². The monoisotopic (exact) mass is 282 g/mol. The molecule has 5 nitrogen and oxygen atoms in total. The number of nitrogens with one attached hydrogen (secondary N) is 2. The maximum Gasteiger partial charge on any atom is 0.233 e. The number of hydrogen-bond acceptors (Lipinski definition) is 5. The van der Waals surface area contributed by atoms with Gasteiger partial charge in [-0.2, -0.15) is 0 Å². The van der Waals surface area contributed by atoms with Crippen LogP contribution in [0.4, 0.5) is 5.13 Å². The zero-order valence-electron chi connectivity index (χ0n) is 11.8. The van der Waals surface area contributed by atoms with E-state index in [2.05, 4.69) is 34.7 Å². The molecule has 1 unspecified atom stereocenters. The van der Waals surface area contributed by atoms with Crippen LogP contribution in [-0.4, -0.2) is 29.2 Å². The van der Waals surface area contributed by atoms with E-state index in [1.54, 1.807) is 0 Å². The minimum atomic E-state index is -0.331. The molecule has 1 amide bonds. The van der Waals surface area contributed by atoms with Gasteiger partial charge in [0.15, 0.2) is 0 Å². The van der Waals surface area contributed by atoms with Gasteiger partial charge in [-0.15, -0.1) is 10.2 Å². The van der Waals surface area contributed by atoms with Gasteiger partial charge < -0.3 is 10.6 Å². The Kier molecular flexibility index (Phi) is 4.52. The van der Waals surface area contributed by atoms with E-state index in [1.807, 2.05) is 6.92 Å². The van der Waals surface area contributed by atoms with Crippen molar-refractivity contribution in [2.45, 2.75) is 40.0 Å². The van der Waals surface area contributed by atoms with Crippen LogP contribution in [0.3, 0.4) is 0 Å². The molecule has 1 fully saturated rings. The summed E-state index contributed by atoms with van der Waals surface area (Å²) in [7, 11) is 0. The molecule has 0 aliphatic carbocycles. The largest absolute Gasteiger partial charge is 0.316 e. The third-order valence-corrected chi connectivity index (χ3v) is 4.28. The zero-order valence-corrected chi connectivity index (χ0v) is 12.6. The van der Waals surface area contributed by atoms with E-state index in [4.69, 9.17) is 0 Å². The number of aromatic nitrogens is 2. The number of anilines is 1. The first kappa shape index (κ1) is 14.4. The second-order valence-electron chi connectivity index (χ2n) is 5.89. The predicted molar refractivity (Wildman–Crippen MR) is 77.3 cm³/mol. The standard InChI is InChI=1S/C13H22N4OS/c1-9(2)7-10-16-17-12(19-10)15-11(18)13(3)5-4-6-14-8-13/h9,14H,4-8H2,1-3H3,(H,15,17,18). The molecule has 0 bridgehead atoms. The van der Waals surface area contributed by atoms with Gasteiger partial charge in [0, 0.05) is 13.0 Å². The van der Waals surface area contributed by atoms with Gasteiger partial charge >= 0.3 is 0 Å². The summed E-state index contributed by atoms with van der Waals surface area (Å²) in [5.41, 5.74) is -0.331. The van der Waals surface area contributed by atoms with Gasteiger partial charge in [0.05, 0.1) is 5.41 Å². The van der Waals surface area contributed by atoms with E-state index >= 15 is 0 Å². The van der Waals surface area contributed by atoms with Crippen LogP contribution in [0.5, 0.6) is 0 Å². The second kappa shape index (κ2) is 5.96. The third-order valence-electron chi connectivity index (χ3n) is 3.42. The Balaban J connectivity index is 1.96. The fourth-order valence-electron chi connectivity index (χ4n) is 2.23. The molecule has 106 valence electrons. The number of piperidine rings is 1. The van der Waals surface area contributed by atoms with E-state index in [9.17, 15) is 4.79 Å². The lowest BCUT2D eigenvalue weighted by atomic mass is 9.82. The molecule has 19 heavy (non-hydrogen) atoms. The Morgan fingerprint density at radius 3 is 2.95 bits per heavy atom. The van der Waals surface area contributed by atoms with Crippen molar-refractivity contribution >= 4 is 22.4 Å². The predicted octanol–water partition coefficient (Wildman–Crippen LogP) is 2.06. The molecule has 0 saturated carbocycles. The minimum Gasteiger partial charge on any atom is -0.316 e. The number of carbonyl (C=O) groups excluding carboxylic acids is 1. The fraction of sp³-hybridized carbons (Fsp3) is 0.769. The van der Waals surface area contributed by atoms with Crippen molar-refractivity contribution in [3.63, 3.8) is 0 Å². The highest BCUT2D eigenvalue weighted by molar-refractivity contribution is 7.15. The van der Waals surface area contributed by atoms with E-state index in [0.29, 0.717) is 11.0 Å². The maximum atomic E-state index is 12.3. The fourth-order valence-corrected chi connectivity index (χ4v) is 3.18. The van der Waals surface area contributed by atoms with Crippen molar-refractivity contribution in [1.82, 2.24) is 15.5 Å². The van der Waals surface area contributed by atoms with E-state index in [1.165, 1.54) is 11.3 Å². The lowest BCUT2D eigenvalue weighted by Gasteiger charge is -2.32. The number of nitrogens with zero attached hydrogens (tertiary/aromatic N) is 2. The highest BCUT2D eigenvalue weighted by Crippen LogP contribution is 2.28. The molecule has 1 atom stereocenters. The summed E-state index contributed by atoms with van der Waals surface area (Å²) in [5, 5.41) is 16.0. The lowest BCUT2D eigenvalue weighted by molar-refractivity contribution is -0.125. The first-order chi connectivity index (χ1) is 8.99. The summed E-state index contributed by atoms with van der Waals surface area (Å²) >= 11 is 1.48. The summed E-state index contributed by atoms with van der Waals surface area (Å²) in [6, 6.07) is 0. The summed E-state index contributed by atoms with van der Waals surface area (Å²) in [6.45, 7) is 8.03. The Morgan fingerprint density at radius 2 is 2.32 bits per heavy atom. The smallest absolute Gasteiger partial charge is 0.233 e. The molecule has 0 radical (unpaired) electrons. The summed E-state index contributed by atoms with van der Waals surface area (Å²) < 4.78 is 0. The lowest BCUT2D eigenvalue weighted by Crippen LogP contribution is -2.46. The first-order valence-electron chi connectivity index (χ1n) is 6.84. The second-order valence-corrected chi connectivity index (χ2v) is 6.96. The Hall–Kier alpha value is -1.01. The van der Waals surface area contributed by atoms with Gasteiger partial charge in [-0.3, -0.25) is 4.79 Å². The quantitative estimate of drug-likeness (QED) is 0.887. The van der Waals surface area contributed by atoms with Crippen LogP contribution in [0.1, 0.15) is 38.6 Å². The van der Waals surface area contributed by atoms with Crippen molar-refractivity contribution in [3.8, 4) is 0 Å². The molecule has 1 aromatic heterocycles. The highest BCUT2D eigenvalue weighted by atomic mass is 32.1.